The van der Waals surface area contributed by atoms with Gasteiger partial charge in [0, 0.05) is 42.4 Å². The minimum Gasteiger partial charge on any atom is -0.347 e. The van der Waals surface area contributed by atoms with E-state index in [0.29, 0.717) is 5.92 Å². The summed E-state index contributed by atoms with van der Waals surface area (Å²) in [5.74, 6) is 0.660. The maximum atomic E-state index is 13.4. The van der Waals surface area contributed by atoms with Crippen molar-refractivity contribution in [1.82, 2.24) is 19.7 Å². The van der Waals surface area contributed by atoms with E-state index in [4.69, 9.17) is 0 Å². The van der Waals surface area contributed by atoms with Crippen LogP contribution in [0.5, 0.6) is 0 Å². The molecule has 136 valence electrons. The first-order valence-corrected chi connectivity index (χ1v) is 9.38. The van der Waals surface area contributed by atoms with Crippen molar-refractivity contribution in [2.75, 3.05) is 13.1 Å². The molecule has 0 spiro atoms. The standard InChI is InChI=1S/C21H26N4O/c1-14-12-22-23-18(14)11-16-7-6-10-25(13-16)21(26)20-15(2)24(3)19-9-5-4-8-17(19)20/h4-5,8-9,12,16H,6-7,10-11,13H2,1-3H3,(H,22,23)/t16-/m0/s1. The molecule has 1 fully saturated rings. The van der Waals surface area contributed by atoms with Crippen LogP contribution in [0.25, 0.3) is 10.9 Å². The molecule has 5 nitrogen and oxygen atoms in total. The van der Waals surface area contributed by atoms with Gasteiger partial charge < -0.3 is 9.47 Å². The molecule has 2 aromatic heterocycles. The zero-order chi connectivity index (χ0) is 18.3. The lowest BCUT2D eigenvalue weighted by Gasteiger charge is -2.33. The lowest BCUT2D eigenvalue weighted by Crippen LogP contribution is -2.40. The molecule has 3 heterocycles. The van der Waals surface area contributed by atoms with Gasteiger partial charge in [-0.2, -0.15) is 5.10 Å². The molecule has 1 amide bonds. The van der Waals surface area contributed by atoms with E-state index in [1.54, 1.807) is 0 Å². The number of hydrogen-bond acceptors (Lipinski definition) is 2. The molecule has 0 unspecified atom stereocenters. The Morgan fingerprint density at radius 1 is 1.31 bits per heavy atom. The van der Waals surface area contributed by atoms with Crippen LogP contribution < -0.4 is 0 Å². The molecule has 0 radical (unpaired) electrons. The monoisotopic (exact) mass is 350 g/mol. The summed E-state index contributed by atoms with van der Waals surface area (Å²) in [7, 11) is 2.04. The van der Waals surface area contributed by atoms with E-state index >= 15 is 0 Å². The molecule has 5 heteroatoms. The lowest BCUT2D eigenvalue weighted by molar-refractivity contribution is 0.0673. The second kappa shape index (κ2) is 6.63. The highest BCUT2D eigenvalue weighted by Crippen LogP contribution is 2.28. The third kappa shape index (κ3) is 2.81. The zero-order valence-electron chi connectivity index (χ0n) is 15.7. The number of fused-ring (bicyclic) bond motifs is 1. The predicted molar refractivity (Wildman–Crippen MR) is 103 cm³/mol. The van der Waals surface area contributed by atoms with E-state index < -0.39 is 0 Å². The van der Waals surface area contributed by atoms with Crippen LogP contribution in [0.4, 0.5) is 0 Å². The Morgan fingerprint density at radius 2 is 2.12 bits per heavy atom. The van der Waals surface area contributed by atoms with Crippen molar-refractivity contribution in [3.63, 3.8) is 0 Å². The quantitative estimate of drug-likeness (QED) is 0.784. The third-order valence-electron chi connectivity index (χ3n) is 5.85. The van der Waals surface area contributed by atoms with Crippen LogP contribution in [0.2, 0.25) is 0 Å². The molecule has 1 N–H and O–H groups in total. The first kappa shape index (κ1) is 16.9. The van der Waals surface area contributed by atoms with Gasteiger partial charge in [-0.25, -0.2) is 0 Å². The number of benzene rings is 1. The highest BCUT2D eigenvalue weighted by Gasteiger charge is 2.28. The lowest BCUT2D eigenvalue weighted by atomic mass is 9.92. The van der Waals surface area contributed by atoms with Gasteiger partial charge in [0.15, 0.2) is 0 Å². The number of amides is 1. The summed E-state index contributed by atoms with van der Waals surface area (Å²) in [5, 5.41) is 8.30. The number of aromatic nitrogens is 3. The van der Waals surface area contributed by atoms with Gasteiger partial charge in [0.25, 0.3) is 5.91 Å². The van der Waals surface area contributed by atoms with E-state index in [2.05, 4.69) is 38.7 Å². The van der Waals surface area contributed by atoms with Crippen molar-refractivity contribution in [3.8, 4) is 0 Å². The fourth-order valence-corrected chi connectivity index (χ4v) is 4.23. The number of aromatic amines is 1. The number of hydrogen-bond donors (Lipinski definition) is 1. The summed E-state index contributed by atoms with van der Waals surface area (Å²) in [4.78, 5) is 15.4. The van der Waals surface area contributed by atoms with Crippen molar-refractivity contribution in [2.24, 2.45) is 13.0 Å². The van der Waals surface area contributed by atoms with Crippen molar-refractivity contribution in [3.05, 3.63) is 53.0 Å². The molecule has 1 aromatic carbocycles. The zero-order valence-corrected chi connectivity index (χ0v) is 15.7. The molecule has 26 heavy (non-hydrogen) atoms. The average molecular weight is 350 g/mol. The van der Waals surface area contributed by atoms with E-state index in [1.807, 2.05) is 32.3 Å². The summed E-state index contributed by atoms with van der Waals surface area (Å²) >= 11 is 0. The number of rotatable bonds is 3. The number of para-hydroxylation sites is 1. The molecule has 4 rings (SSSR count). The largest absolute Gasteiger partial charge is 0.347 e. The van der Waals surface area contributed by atoms with Gasteiger partial charge >= 0.3 is 0 Å². The average Bonchev–Trinajstić information content (AvgIpc) is 3.17. The molecular formula is C21H26N4O. The number of aryl methyl sites for hydroxylation is 2. The summed E-state index contributed by atoms with van der Waals surface area (Å²) in [6.45, 7) is 5.80. The van der Waals surface area contributed by atoms with Gasteiger partial charge in [0.2, 0.25) is 0 Å². The van der Waals surface area contributed by atoms with Gasteiger partial charge in [-0.15, -0.1) is 0 Å². The molecule has 0 aliphatic carbocycles. The molecule has 1 saturated heterocycles. The molecule has 3 aromatic rings. The normalized spacial score (nSPS) is 17.8. The van der Waals surface area contributed by atoms with Crippen LogP contribution in [0.1, 0.15) is 40.2 Å². The number of carbonyl (C=O) groups is 1. The van der Waals surface area contributed by atoms with Crippen molar-refractivity contribution >= 4 is 16.8 Å². The first-order valence-electron chi connectivity index (χ1n) is 9.38. The minimum atomic E-state index is 0.172. The Hall–Kier alpha value is -2.56. The number of likely N-dealkylation sites (tertiary alicyclic amines) is 1. The topological polar surface area (TPSA) is 53.9 Å². The smallest absolute Gasteiger partial charge is 0.256 e. The number of carbonyl (C=O) groups excluding carboxylic acids is 1. The van der Waals surface area contributed by atoms with Gasteiger partial charge in [-0.05, 0) is 50.7 Å². The van der Waals surface area contributed by atoms with Crippen molar-refractivity contribution in [1.29, 1.82) is 0 Å². The Kier molecular flexibility index (Phi) is 4.31. The van der Waals surface area contributed by atoms with Crippen LogP contribution in [0, 0.1) is 19.8 Å². The Bertz CT molecular complexity index is 952. The van der Waals surface area contributed by atoms with Gasteiger partial charge in [-0.3, -0.25) is 9.89 Å². The van der Waals surface area contributed by atoms with Crippen molar-refractivity contribution < 1.29 is 4.79 Å². The van der Waals surface area contributed by atoms with Gasteiger partial charge in [0.05, 0.1) is 11.8 Å². The van der Waals surface area contributed by atoms with E-state index in [0.717, 1.165) is 54.5 Å². The van der Waals surface area contributed by atoms with Crippen LogP contribution in [0.3, 0.4) is 0 Å². The third-order valence-corrected chi connectivity index (χ3v) is 5.85. The summed E-state index contributed by atoms with van der Waals surface area (Å²) < 4.78 is 2.12. The van der Waals surface area contributed by atoms with E-state index in [-0.39, 0.29) is 5.91 Å². The number of piperidine rings is 1. The highest BCUT2D eigenvalue weighted by molar-refractivity contribution is 6.08. The van der Waals surface area contributed by atoms with Crippen LogP contribution in [0.15, 0.2) is 30.5 Å². The Morgan fingerprint density at radius 3 is 2.88 bits per heavy atom. The molecule has 1 atom stereocenters. The Balaban J connectivity index is 1.59. The van der Waals surface area contributed by atoms with Crippen LogP contribution >= 0.6 is 0 Å². The fraction of sp³-hybridized carbons (Fsp3) is 0.429. The first-order chi connectivity index (χ1) is 12.6. The molecular weight excluding hydrogens is 324 g/mol. The van der Waals surface area contributed by atoms with E-state index in [9.17, 15) is 4.79 Å². The predicted octanol–water partition coefficient (Wildman–Crippen LogP) is 3.61. The minimum absolute atomic E-state index is 0.172. The SMILES string of the molecule is Cc1cn[nH]c1C[C@@H]1CCCN(C(=O)c2c(C)n(C)c3ccccc23)C1. The summed E-state index contributed by atoms with van der Waals surface area (Å²) in [6.07, 6.45) is 5.06. The summed E-state index contributed by atoms with van der Waals surface area (Å²) in [6, 6.07) is 8.18. The second-order valence-electron chi connectivity index (χ2n) is 7.53. The molecule has 1 aliphatic heterocycles. The molecule has 1 aliphatic rings. The van der Waals surface area contributed by atoms with Gasteiger partial charge in [-0.1, -0.05) is 18.2 Å². The maximum Gasteiger partial charge on any atom is 0.256 e. The van der Waals surface area contributed by atoms with Crippen LogP contribution in [-0.4, -0.2) is 38.7 Å². The number of nitrogens with one attached hydrogen (secondary N) is 1. The number of H-pyrrole nitrogens is 1. The molecule has 0 bridgehead atoms. The van der Waals surface area contributed by atoms with Gasteiger partial charge in [0.1, 0.15) is 0 Å². The Labute approximate surface area is 154 Å². The van der Waals surface area contributed by atoms with Crippen LogP contribution in [-0.2, 0) is 13.5 Å². The van der Waals surface area contributed by atoms with Crippen molar-refractivity contribution in [2.45, 2.75) is 33.1 Å². The second-order valence-corrected chi connectivity index (χ2v) is 7.53. The van der Waals surface area contributed by atoms with E-state index in [1.165, 1.54) is 11.3 Å². The fourth-order valence-electron chi connectivity index (χ4n) is 4.23. The molecule has 0 saturated carbocycles. The summed E-state index contributed by atoms with van der Waals surface area (Å²) in [5.41, 5.74) is 5.43. The number of nitrogens with zero attached hydrogens (tertiary/aromatic N) is 3. The maximum absolute atomic E-state index is 13.4. The highest BCUT2D eigenvalue weighted by atomic mass is 16.2.